The molecule has 90 valence electrons. The van der Waals surface area contributed by atoms with E-state index in [0.717, 1.165) is 17.6 Å². The molecule has 0 heterocycles. The molecule has 0 saturated heterocycles. The van der Waals surface area contributed by atoms with Gasteiger partial charge in [0.05, 0.1) is 9.93 Å². The van der Waals surface area contributed by atoms with Crippen LogP contribution in [0.1, 0.15) is 18.4 Å². The summed E-state index contributed by atoms with van der Waals surface area (Å²) in [6.45, 7) is 0. The van der Waals surface area contributed by atoms with Crippen LogP contribution in [-0.2, 0) is 11.1 Å². The van der Waals surface area contributed by atoms with E-state index in [1.54, 1.807) is 18.2 Å². The van der Waals surface area contributed by atoms with Crippen LogP contribution in [0.2, 0.25) is 5.02 Å². The number of allylic oxidation sites excluding steroid dienone is 3. The third-order valence-electron chi connectivity index (χ3n) is 2.57. The summed E-state index contributed by atoms with van der Waals surface area (Å²) in [4.78, 5) is 0.381. The van der Waals surface area contributed by atoms with Gasteiger partial charge in [0.15, 0.2) is 11.1 Å². The van der Waals surface area contributed by atoms with E-state index < -0.39 is 16.9 Å². The molecular formula is C12H10ClFO2S. The monoisotopic (exact) mass is 272 g/mol. The van der Waals surface area contributed by atoms with E-state index in [9.17, 15) is 8.60 Å². The minimum absolute atomic E-state index is 0.0598. The largest absolute Gasteiger partial charge is 0.302 e. The van der Waals surface area contributed by atoms with E-state index in [-0.39, 0.29) is 5.02 Å². The van der Waals surface area contributed by atoms with Crippen molar-refractivity contribution >= 4 is 28.3 Å². The Morgan fingerprint density at radius 1 is 1.41 bits per heavy atom. The Kier molecular flexibility index (Phi) is 3.76. The molecule has 0 bridgehead atoms. The fourth-order valence-electron chi connectivity index (χ4n) is 1.72. The van der Waals surface area contributed by atoms with Gasteiger partial charge in [0.2, 0.25) is 0 Å². The van der Waals surface area contributed by atoms with Crippen LogP contribution in [-0.4, -0.2) is 8.76 Å². The molecule has 1 aromatic carbocycles. The summed E-state index contributed by atoms with van der Waals surface area (Å²) in [7, 11) is 0. The molecule has 1 aliphatic carbocycles. The highest BCUT2D eigenvalue weighted by atomic mass is 35.5. The summed E-state index contributed by atoms with van der Waals surface area (Å²) in [5.74, 6) is -0.465. The number of hydrogen-bond acceptors (Lipinski definition) is 1. The second kappa shape index (κ2) is 5.12. The Labute approximate surface area is 106 Å². The van der Waals surface area contributed by atoms with E-state index in [4.69, 9.17) is 16.2 Å². The summed E-state index contributed by atoms with van der Waals surface area (Å²) in [6.07, 6.45) is 4.83. The molecule has 1 aliphatic rings. The van der Waals surface area contributed by atoms with Crippen LogP contribution in [0.5, 0.6) is 0 Å². The predicted octanol–water partition coefficient (Wildman–Crippen LogP) is 3.76. The van der Waals surface area contributed by atoms with Crippen LogP contribution in [0.25, 0.3) is 5.57 Å². The van der Waals surface area contributed by atoms with Crippen molar-refractivity contribution in [1.82, 2.24) is 0 Å². The molecule has 1 N–H and O–H groups in total. The van der Waals surface area contributed by atoms with E-state index in [1.807, 2.05) is 0 Å². The van der Waals surface area contributed by atoms with Gasteiger partial charge in [0, 0.05) is 0 Å². The Balaban J connectivity index is 2.37. The first-order chi connectivity index (χ1) is 8.08. The smallest absolute Gasteiger partial charge is 0.186 e. The van der Waals surface area contributed by atoms with Crippen molar-refractivity contribution < 1.29 is 13.2 Å². The fraction of sp³-hybridized carbons (Fsp3) is 0.167. The van der Waals surface area contributed by atoms with E-state index >= 15 is 0 Å². The van der Waals surface area contributed by atoms with Crippen LogP contribution in [0.3, 0.4) is 0 Å². The SMILES string of the molecule is O=S(O)C1=CCCC(c2ccc(F)c(Cl)c2)=C1. The molecule has 0 aliphatic heterocycles. The maximum absolute atomic E-state index is 13.0. The Morgan fingerprint density at radius 3 is 2.82 bits per heavy atom. The lowest BCUT2D eigenvalue weighted by atomic mass is 9.97. The molecule has 0 fully saturated rings. The number of halogens is 2. The van der Waals surface area contributed by atoms with Gasteiger partial charge in [-0.05, 0) is 42.2 Å². The van der Waals surface area contributed by atoms with Crippen molar-refractivity contribution in [3.63, 3.8) is 0 Å². The second-order valence-corrected chi connectivity index (χ2v) is 5.07. The third kappa shape index (κ3) is 2.83. The molecule has 0 saturated carbocycles. The lowest BCUT2D eigenvalue weighted by Gasteiger charge is -2.12. The summed E-state index contributed by atoms with van der Waals surface area (Å²) < 4.78 is 33.0. The van der Waals surface area contributed by atoms with Gasteiger partial charge in [0.1, 0.15) is 5.82 Å². The average molecular weight is 273 g/mol. The van der Waals surface area contributed by atoms with Crippen LogP contribution in [0.15, 0.2) is 35.3 Å². The first-order valence-corrected chi connectivity index (χ1v) is 6.53. The van der Waals surface area contributed by atoms with Crippen molar-refractivity contribution in [3.05, 3.63) is 51.7 Å². The molecule has 0 spiro atoms. The normalized spacial score (nSPS) is 17.4. The lowest BCUT2D eigenvalue weighted by Crippen LogP contribution is -1.97. The van der Waals surface area contributed by atoms with Gasteiger partial charge in [-0.2, -0.15) is 0 Å². The number of hydrogen-bond donors (Lipinski definition) is 1. The van der Waals surface area contributed by atoms with Gasteiger partial charge in [-0.25, -0.2) is 8.60 Å². The first kappa shape index (κ1) is 12.5. The third-order valence-corrected chi connectivity index (χ3v) is 3.55. The molecule has 1 unspecified atom stereocenters. The van der Waals surface area contributed by atoms with Crippen LogP contribution < -0.4 is 0 Å². The molecule has 1 aromatic rings. The number of rotatable bonds is 2. The summed E-state index contributed by atoms with van der Waals surface area (Å²) in [6, 6.07) is 4.45. The maximum Gasteiger partial charge on any atom is 0.186 e. The zero-order valence-corrected chi connectivity index (χ0v) is 10.4. The topological polar surface area (TPSA) is 37.3 Å². The highest BCUT2D eigenvalue weighted by Gasteiger charge is 2.12. The van der Waals surface area contributed by atoms with E-state index in [1.165, 1.54) is 12.1 Å². The quantitative estimate of drug-likeness (QED) is 0.833. The van der Waals surface area contributed by atoms with Crippen molar-refractivity contribution in [2.45, 2.75) is 12.8 Å². The minimum Gasteiger partial charge on any atom is -0.302 e. The second-order valence-electron chi connectivity index (χ2n) is 3.69. The van der Waals surface area contributed by atoms with Gasteiger partial charge < -0.3 is 4.55 Å². The molecule has 2 nitrogen and oxygen atoms in total. The van der Waals surface area contributed by atoms with Gasteiger partial charge in [-0.3, -0.25) is 0 Å². The zero-order chi connectivity index (χ0) is 12.4. The van der Waals surface area contributed by atoms with Gasteiger partial charge in [-0.15, -0.1) is 0 Å². The molecule has 0 amide bonds. The Morgan fingerprint density at radius 2 is 2.18 bits per heavy atom. The zero-order valence-electron chi connectivity index (χ0n) is 8.82. The minimum atomic E-state index is -1.98. The standard InChI is InChI=1S/C12H10ClFO2S/c13-11-7-9(4-5-12(11)14)8-2-1-3-10(6-8)17(15)16/h3-7H,1-2H2,(H,15,16). The molecular weight excluding hydrogens is 263 g/mol. The lowest BCUT2D eigenvalue weighted by molar-refractivity contribution is 0.572. The first-order valence-electron chi connectivity index (χ1n) is 5.05. The fourth-order valence-corrected chi connectivity index (χ4v) is 2.40. The average Bonchev–Trinajstić information content (AvgIpc) is 2.33. The van der Waals surface area contributed by atoms with E-state index in [0.29, 0.717) is 11.3 Å². The van der Waals surface area contributed by atoms with Crippen LogP contribution in [0, 0.1) is 5.82 Å². The number of benzene rings is 1. The Hall–Kier alpha value is -0.970. The molecule has 0 aromatic heterocycles. The maximum atomic E-state index is 13.0. The van der Waals surface area contributed by atoms with Crippen molar-refractivity contribution in [1.29, 1.82) is 0 Å². The van der Waals surface area contributed by atoms with Crippen LogP contribution >= 0.6 is 11.6 Å². The van der Waals surface area contributed by atoms with Gasteiger partial charge in [-0.1, -0.05) is 23.7 Å². The molecule has 0 radical (unpaired) electrons. The van der Waals surface area contributed by atoms with Crippen LogP contribution in [0.4, 0.5) is 4.39 Å². The highest BCUT2D eigenvalue weighted by molar-refractivity contribution is 7.83. The predicted molar refractivity (Wildman–Crippen MR) is 67.5 cm³/mol. The van der Waals surface area contributed by atoms with Gasteiger partial charge in [0.25, 0.3) is 0 Å². The molecule has 1 atom stereocenters. The van der Waals surface area contributed by atoms with Crippen molar-refractivity contribution in [2.24, 2.45) is 0 Å². The van der Waals surface area contributed by atoms with Crippen molar-refractivity contribution in [2.75, 3.05) is 0 Å². The van der Waals surface area contributed by atoms with Gasteiger partial charge >= 0.3 is 0 Å². The summed E-state index contributed by atoms with van der Waals surface area (Å²) in [5.41, 5.74) is 1.68. The van der Waals surface area contributed by atoms with Crippen molar-refractivity contribution in [3.8, 4) is 0 Å². The summed E-state index contributed by atoms with van der Waals surface area (Å²) in [5, 5.41) is 0.0598. The summed E-state index contributed by atoms with van der Waals surface area (Å²) >= 11 is 3.73. The highest BCUT2D eigenvalue weighted by Crippen LogP contribution is 2.29. The van der Waals surface area contributed by atoms with E-state index in [2.05, 4.69) is 0 Å². The molecule has 2 rings (SSSR count). The Bertz CT molecular complexity index is 537. The molecule has 5 heteroatoms. The molecule has 17 heavy (non-hydrogen) atoms.